The van der Waals surface area contributed by atoms with Gasteiger partial charge in [0.1, 0.15) is 35.3 Å². The van der Waals surface area contributed by atoms with Crippen LogP contribution in [0.1, 0.15) is 70.9 Å². The molecule has 44 heavy (non-hydrogen) atoms. The van der Waals surface area contributed by atoms with Crippen LogP contribution in [0.2, 0.25) is 10.0 Å². The van der Waals surface area contributed by atoms with E-state index in [9.17, 15) is 17.6 Å². The minimum absolute atomic E-state index is 0.189. The summed E-state index contributed by atoms with van der Waals surface area (Å²) in [5.41, 5.74) is 4.80. The van der Waals surface area contributed by atoms with Crippen molar-refractivity contribution in [2.45, 2.75) is 37.0 Å². The van der Waals surface area contributed by atoms with Crippen molar-refractivity contribution in [3.05, 3.63) is 138 Å². The molecule has 2 aliphatic carbocycles. The number of alkyl halides is 2. The summed E-state index contributed by atoms with van der Waals surface area (Å²) in [6, 6.07) is 17.4. The van der Waals surface area contributed by atoms with Gasteiger partial charge in [0.25, 0.3) is 0 Å². The van der Waals surface area contributed by atoms with E-state index >= 15 is 0 Å². The minimum Gasteiger partial charge on any atom is -0.302 e. The first-order valence-electron chi connectivity index (χ1n) is 13.6. The number of hydrogen-bond donors (Lipinski definition) is 0. The second-order valence-corrected chi connectivity index (χ2v) is 13.2. The molecule has 4 atom stereocenters. The van der Waals surface area contributed by atoms with Crippen LogP contribution in [-0.2, 0) is 0 Å². The van der Waals surface area contributed by atoms with Gasteiger partial charge in [-0.1, -0.05) is 59.6 Å². The summed E-state index contributed by atoms with van der Waals surface area (Å²) in [6.45, 7) is 0. The van der Waals surface area contributed by atoms with Gasteiger partial charge in [0.05, 0.1) is 31.7 Å². The normalized spacial score (nSPS) is 20.5. The van der Waals surface area contributed by atoms with Gasteiger partial charge in [-0.2, -0.15) is 0 Å². The third-order valence-electron chi connectivity index (χ3n) is 8.16. The quantitative estimate of drug-likeness (QED) is 0.165. The Balaban J connectivity index is 0.000000142. The average molecular weight is 767 g/mol. The van der Waals surface area contributed by atoms with Crippen molar-refractivity contribution in [3.8, 4) is 0 Å². The smallest absolute Gasteiger partial charge is 0.145 e. The number of imidazole rings is 2. The lowest BCUT2D eigenvalue weighted by molar-refractivity contribution is 0.330. The summed E-state index contributed by atoms with van der Waals surface area (Å²) >= 11 is 18.9. The van der Waals surface area contributed by atoms with Crippen LogP contribution in [0, 0.1) is 11.6 Å². The molecule has 2 aliphatic rings. The predicted octanol–water partition coefficient (Wildman–Crippen LogP) is 10.9. The molecule has 2 aromatic carbocycles. The number of fused-ring (bicyclic) bond motifs is 6. The minimum atomic E-state index is -1.17. The van der Waals surface area contributed by atoms with Crippen molar-refractivity contribution in [1.82, 2.24) is 18.8 Å². The SMILES string of the molecule is Fc1cc2nc3c(n2cc1Br)[C@H](c1ccccc1Cl)C[C@@H]3F.Fc1cc2nc3c(n2cc1Br)[C@H](c1ccccc1Cl)C[C@H]3F. The van der Waals surface area contributed by atoms with Crippen molar-refractivity contribution >= 4 is 66.4 Å². The largest absolute Gasteiger partial charge is 0.302 e. The van der Waals surface area contributed by atoms with E-state index < -0.39 is 24.0 Å². The lowest BCUT2D eigenvalue weighted by atomic mass is 9.96. The molecule has 12 heteroatoms. The fraction of sp³-hybridized carbons (Fsp3) is 0.188. The predicted molar refractivity (Wildman–Crippen MR) is 169 cm³/mol. The lowest BCUT2D eigenvalue weighted by Gasteiger charge is -2.14. The van der Waals surface area contributed by atoms with Crippen molar-refractivity contribution in [2.24, 2.45) is 0 Å². The number of rotatable bonds is 2. The molecule has 4 heterocycles. The Morgan fingerprint density at radius 3 is 1.43 bits per heavy atom. The van der Waals surface area contributed by atoms with Gasteiger partial charge in [-0.25, -0.2) is 27.5 Å². The van der Waals surface area contributed by atoms with Crippen LogP contribution in [0.25, 0.3) is 11.3 Å². The Kier molecular flexibility index (Phi) is 7.76. The van der Waals surface area contributed by atoms with Gasteiger partial charge in [0, 0.05) is 46.4 Å². The van der Waals surface area contributed by atoms with E-state index in [4.69, 9.17) is 23.2 Å². The molecule has 0 aliphatic heterocycles. The maximum Gasteiger partial charge on any atom is 0.145 e. The van der Waals surface area contributed by atoms with E-state index in [-0.39, 0.29) is 11.8 Å². The van der Waals surface area contributed by atoms with E-state index in [1.807, 2.05) is 36.4 Å². The molecule has 224 valence electrons. The first-order valence-corrected chi connectivity index (χ1v) is 16.0. The van der Waals surface area contributed by atoms with Crippen LogP contribution in [0.15, 0.2) is 82.0 Å². The third-order valence-corrected chi connectivity index (χ3v) is 10.0. The van der Waals surface area contributed by atoms with Gasteiger partial charge in [0.2, 0.25) is 0 Å². The molecule has 6 aromatic rings. The first-order chi connectivity index (χ1) is 21.1. The zero-order chi connectivity index (χ0) is 30.9. The molecule has 0 radical (unpaired) electrons. The van der Waals surface area contributed by atoms with Crippen molar-refractivity contribution in [2.75, 3.05) is 0 Å². The number of pyridine rings is 2. The summed E-state index contributed by atoms with van der Waals surface area (Å²) in [7, 11) is 0. The standard InChI is InChI=1S/2C16H10BrClF2N2/c2*17-10-7-22-14(6-12(10)19)21-15-13(20)5-9(16(15)22)8-3-1-2-4-11(8)18/h2*1-4,6-7,9,13H,5H2/t9-,13+;9-,13-/m00/s1. The Bertz CT molecular complexity index is 1930. The molecular weight excluding hydrogens is 747 g/mol. The topological polar surface area (TPSA) is 34.6 Å². The van der Waals surface area contributed by atoms with E-state index in [1.165, 1.54) is 12.1 Å². The zero-order valence-electron chi connectivity index (χ0n) is 22.5. The first kappa shape index (κ1) is 29.8. The highest BCUT2D eigenvalue weighted by molar-refractivity contribution is 9.10. The van der Waals surface area contributed by atoms with E-state index in [2.05, 4.69) is 41.8 Å². The summed E-state index contributed by atoms with van der Waals surface area (Å²) in [6.07, 6.45) is 1.46. The van der Waals surface area contributed by atoms with Gasteiger partial charge in [-0.15, -0.1) is 0 Å². The molecule has 0 saturated carbocycles. The van der Waals surface area contributed by atoms with Gasteiger partial charge >= 0.3 is 0 Å². The van der Waals surface area contributed by atoms with Crippen LogP contribution < -0.4 is 0 Å². The highest BCUT2D eigenvalue weighted by atomic mass is 79.9. The van der Waals surface area contributed by atoms with Crippen LogP contribution in [0.4, 0.5) is 17.6 Å². The zero-order valence-corrected chi connectivity index (χ0v) is 27.1. The third kappa shape index (κ3) is 4.94. The molecule has 0 fully saturated rings. The fourth-order valence-electron chi connectivity index (χ4n) is 6.23. The van der Waals surface area contributed by atoms with Crippen LogP contribution in [-0.4, -0.2) is 18.8 Å². The summed E-state index contributed by atoms with van der Waals surface area (Å²) in [4.78, 5) is 8.53. The number of benzene rings is 2. The summed E-state index contributed by atoms with van der Waals surface area (Å²) < 4.78 is 60.3. The molecule has 0 unspecified atom stereocenters. The molecule has 0 amide bonds. The fourth-order valence-corrected chi connectivity index (χ4v) is 7.40. The van der Waals surface area contributed by atoms with Crippen LogP contribution in [0.3, 0.4) is 0 Å². The van der Waals surface area contributed by atoms with Gasteiger partial charge in [0.15, 0.2) is 0 Å². The molecule has 0 bridgehead atoms. The van der Waals surface area contributed by atoms with Crippen LogP contribution in [0.5, 0.6) is 0 Å². The van der Waals surface area contributed by atoms with E-state index in [0.717, 1.165) is 22.5 Å². The van der Waals surface area contributed by atoms with Crippen LogP contribution >= 0.6 is 55.1 Å². The molecule has 0 N–H and O–H groups in total. The molecule has 4 nitrogen and oxygen atoms in total. The van der Waals surface area contributed by atoms with Crippen molar-refractivity contribution in [1.29, 1.82) is 0 Å². The van der Waals surface area contributed by atoms with Gasteiger partial charge in [-0.05, 0) is 68.0 Å². The monoisotopic (exact) mass is 764 g/mol. The molecular formula is C32H20Br2Cl2F4N4. The maximum atomic E-state index is 14.4. The number of halogens is 8. The van der Waals surface area contributed by atoms with E-state index in [0.29, 0.717) is 54.5 Å². The summed E-state index contributed by atoms with van der Waals surface area (Å²) in [5.74, 6) is -1.21. The van der Waals surface area contributed by atoms with Crippen molar-refractivity contribution < 1.29 is 17.6 Å². The Morgan fingerprint density at radius 1 is 0.659 bits per heavy atom. The highest BCUT2D eigenvalue weighted by Crippen LogP contribution is 2.49. The summed E-state index contributed by atoms with van der Waals surface area (Å²) in [5, 5.41) is 1.20. The second-order valence-electron chi connectivity index (χ2n) is 10.7. The van der Waals surface area contributed by atoms with Crippen molar-refractivity contribution in [3.63, 3.8) is 0 Å². The second kappa shape index (κ2) is 11.5. The van der Waals surface area contributed by atoms with E-state index in [1.54, 1.807) is 33.3 Å². The maximum absolute atomic E-state index is 14.4. The Morgan fingerprint density at radius 2 is 1.05 bits per heavy atom. The Hall–Kier alpha value is -2.92. The lowest BCUT2D eigenvalue weighted by Crippen LogP contribution is -2.02. The molecule has 4 aromatic heterocycles. The Labute approximate surface area is 275 Å². The number of hydrogen-bond acceptors (Lipinski definition) is 2. The van der Waals surface area contributed by atoms with Gasteiger partial charge < -0.3 is 8.80 Å². The van der Waals surface area contributed by atoms with Gasteiger partial charge in [-0.3, -0.25) is 0 Å². The number of aromatic nitrogens is 4. The molecule has 0 spiro atoms. The highest BCUT2D eigenvalue weighted by Gasteiger charge is 2.39. The molecule has 8 rings (SSSR count). The average Bonchev–Trinajstić information content (AvgIpc) is 3.72. The molecule has 0 saturated heterocycles. The number of nitrogens with zero attached hydrogens (tertiary/aromatic N) is 4.